The lowest BCUT2D eigenvalue weighted by Crippen LogP contribution is -2.48. The molecular weight excluding hydrogens is 350 g/mol. The van der Waals surface area contributed by atoms with Gasteiger partial charge >= 0.3 is 0 Å². The number of halogens is 1. The number of para-hydroxylation sites is 1. The number of amides is 2. The molecule has 26 heavy (non-hydrogen) atoms. The van der Waals surface area contributed by atoms with Crippen LogP contribution in [0.15, 0.2) is 42.5 Å². The van der Waals surface area contributed by atoms with Crippen molar-refractivity contribution in [2.75, 3.05) is 36.4 Å². The van der Waals surface area contributed by atoms with Crippen LogP contribution in [0.5, 0.6) is 0 Å². The van der Waals surface area contributed by atoms with E-state index in [1.807, 2.05) is 48.2 Å². The Morgan fingerprint density at radius 1 is 1.04 bits per heavy atom. The molecule has 1 fully saturated rings. The van der Waals surface area contributed by atoms with E-state index in [9.17, 15) is 9.59 Å². The maximum Gasteiger partial charge on any atom is 0.255 e. The van der Waals surface area contributed by atoms with Gasteiger partial charge in [0.25, 0.3) is 5.91 Å². The summed E-state index contributed by atoms with van der Waals surface area (Å²) < 4.78 is 0. The van der Waals surface area contributed by atoms with Crippen LogP contribution < -0.4 is 10.2 Å². The number of benzene rings is 2. The summed E-state index contributed by atoms with van der Waals surface area (Å²) in [6, 6.07) is 13.0. The minimum Gasteiger partial charge on any atom is -0.365 e. The average molecular weight is 372 g/mol. The van der Waals surface area contributed by atoms with Crippen LogP contribution in [0.3, 0.4) is 0 Å². The molecule has 3 rings (SSSR count). The molecule has 6 heteroatoms. The number of carbonyl (C=O) groups is 2. The molecule has 0 aromatic heterocycles. The van der Waals surface area contributed by atoms with Crippen LogP contribution in [-0.4, -0.2) is 42.9 Å². The van der Waals surface area contributed by atoms with E-state index in [2.05, 4.69) is 10.2 Å². The Balaban J connectivity index is 1.82. The second kappa shape index (κ2) is 7.79. The molecule has 136 valence electrons. The third-order valence-corrected chi connectivity index (χ3v) is 4.86. The molecular formula is C20H22ClN3O2. The Hall–Kier alpha value is -2.53. The molecule has 5 nitrogen and oxygen atoms in total. The van der Waals surface area contributed by atoms with Crippen molar-refractivity contribution in [3.8, 4) is 0 Å². The largest absolute Gasteiger partial charge is 0.365 e. The molecule has 1 aliphatic heterocycles. The van der Waals surface area contributed by atoms with Crippen LogP contribution in [0.1, 0.15) is 22.8 Å². The summed E-state index contributed by atoms with van der Waals surface area (Å²) in [5.74, 6) is -0.0867. The van der Waals surface area contributed by atoms with Crippen LogP contribution in [0, 0.1) is 6.92 Å². The van der Waals surface area contributed by atoms with Gasteiger partial charge in [0.2, 0.25) is 5.91 Å². The number of aryl methyl sites for hydroxylation is 1. The molecule has 2 aromatic rings. The second-order valence-electron chi connectivity index (χ2n) is 6.45. The first-order valence-corrected chi connectivity index (χ1v) is 9.00. The van der Waals surface area contributed by atoms with Crippen LogP contribution in [0.2, 0.25) is 5.02 Å². The standard InChI is InChI=1S/C20H22ClN3O2/c1-14-5-3-6-16(13-14)20(26)22-18-8-4-7-17(21)19(18)24-11-9-23(10-12-24)15(2)25/h3-8,13H,9-12H2,1-2H3,(H,22,26). The Morgan fingerprint density at radius 3 is 2.38 bits per heavy atom. The zero-order valence-electron chi connectivity index (χ0n) is 15.0. The summed E-state index contributed by atoms with van der Waals surface area (Å²) >= 11 is 6.44. The van der Waals surface area contributed by atoms with Crippen molar-refractivity contribution in [1.29, 1.82) is 0 Å². The zero-order valence-corrected chi connectivity index (χ0v) is 15.7. The number of piperazine rings is 1. The lowest BCUT2D eigenvalue weighted by molar-refractivity contribution is -0.129. The monoisotopic (exact) mass is 371 g/mol. The quantitative estimate of drug-likeness (QED) is 0.897. The number of carbonyl (C=O) groups excluding carboxylic acids is 2. The number of hydrogen-bond donors (Lipinski definition) is 1. The number of hydrogen-bond acceptors (Lipinski definition) is 3. The van der Waals surface area contributed by atoms with Crippen LogP contribution in [-0.2, 0) is 4.79 Å². The van der Waals surface area contributed by atoms with Gasteiger partial charge in [0, 0.05) is 38.7 Å². The van der Waals surface area contributed by atoms with Gasteiger partial charge in [0.15, 0.2) is 0 Å². The van der Waals surface area contributed by atoms with Crippen LogP contribution in [0.25, 0.3) is 0 Å². The molecule has 0 atom stereocenters. The molecule has 2 amide bonds. The zero-order chi connectivity index (χ0) is 18.7. The van der Waals surface area contributed by atoms with E-state index in [0.29, 0.717) is 42.5 Å². The smallest absolute Gasteiger partial charge is 0.255 e. The molecule has 0 saturated carbocycles. The molecule has 0 spiro atoms. The Kier molecular flexibility index (Phi) is 5.47. The van der Waals surface area contributed by atoms with Gasteiger partial charge in [-0.15, -0.1) is 0 Å². The normalized spacial score (nSPS) is 14.3. The summed E-state index contributed by atoms with van der Waals surface area (Å²) in [7, 11) is 0. The van der Waals surface area contributed by atoms with E-state index in [-0.39, 0.29) is 11.8 Å². The number of rotatable bonds is 3. The third-order valence-electron chi connectivity index (χ3n) is 4.56. The molecule has 1 aliphatic rings. The topological polar surface area (TPSA) is 52.7 Å². The predicted molar refractivity (Wildman–Crippen MR) is 105 cm³/mol. The average Bonchev–Trinajstić information content (AvgIpc) is 2.62. The highest BCUT2D eigenvalue weighted by Crippen LogP contribution is 2.35. The van der Waals surface area contributed by atoms with Gasteiger partial charge in [-0.1, -0.05) is 35.4 Å². The maximum atomic E-state index is 12.6. The molecule has 0 unspecified atom stereocenters. The minimum absolute atomic E-state index is 0.0804. The van der Waals surface area contributed by atoms with Crippen molar-refractivity contribution >= 4 is 34.8 Å². The van der Waals surface area contributed by atoms with Crippen molar-refractivity contribution in [3.05, 3.63) is 58.6 Å². The fourth-order valence-corrected chi connectivity index (χ4v) is 3.46. The van der Waals surface area contributed by atoms with Gasteiger partial charge in [-0.25, -0.2) is 0 Å². The number of nitrogens with zero attached hydrogens (tertiary/aromatic N) is 2. The molecule has 1 saturated heterocycles. The highest BCUT2D eigenvalue weighted by atomic mass is 35.5. The first-order valence-electron chi connectivity index (χ1n) is 8.62. The molecule has 0 aliphatic carbocycles. The van der Waals surface area contributed by atoms with Gasteiger partial charge in [0.05, 0.1) is 16.4 Å². The molecule has 2 aromatic carbocycles. The molecule has 1 heterocycles. The van der Waals surface area contributed by atoms with Gasteiger partial charge in [-0.05, 0) is 31.2 Å². The molecule has 0 radical (unpaired) electrons. The van der Waals surface area contributed by atoms with Gasteiger partial charge in [-0.3, -0.25) is 9.59 Å². The first-order chi connectivity index (χ1) is 12.5. The van der Waals surface area contributed by atoms with E-state index < -0.39 is 0 Å². The fourth-order valence-electron chi connectivity index (χ4n) is 3.16. The van der Waals surface area contributed by atoms with Crippen molar-refractivity contribution < 1.29 is 9.59 Å². The summed E-state index contributed by atoms with van der Waals surface area (Å²) in [5, 5.41) is 3.57. The van der Waals surface area contributed by atoms with E-state index in [4.69, 9.17) is 11.6 Å². The SMILES string of the molecule is CC(=O)N1CCN(c2c(Cl)cccc2NC(=O)c2cccc(C)c2)CC1. The summed E-state index contributed by atoms with van der Waals surface area (Å²) in [6.45, 7) is 6.18. The van der Waals surface area contributed by atoms with Crippen molar-refractivity contribution in [2.45, 2.75) is 13.8 Å². The number of anilines is 2. The van der Waals surface area contributed by atoms with Gasteiger partial charge < -0.3 is 15.1 Å². The van der Waals surface area contributed by atoms with E-state index >= 15 is 0 Å². The fraction of sp³-hybridized carbons (Fsp3) is 0.300. The highest BCUT2D eigenvalue weighted by molar-refractivity contribution is 6.34. The lowest BCUT2D eigenvalue weighted by Gasteiger charge is -2.37. The van der Waals surface area contributed by atoms with Gasteiger partial charge in [0.1, 0.15) is 0 Å². The van der Waals surface area contributed by atoms with E-state index in [0.717, 1.165) is 11.3 Å². The van der Waals surface area contributed by atoms with Gasteiger partial charge in [-0.2, -0.15) is 0 Å². The minimum atomic E-state index is -0.167. The highest BCUT2D eigenvalue weighted by Gasteiger charge is 2.23. The summed E-state index contributed by atoms with van der Waals surface area (Å²) in [4.78, 5) is 28.1. The van der Waals surface area contributed by atoms with Crippen molar-refractivity contribution in [3.63, 3.8) is 0 Å². The summed E-state index contributed by atoms with van der Waals surface area (Å²) in [6.07, 6.45) is 0. The van der Waals surface area contributed by atoms with Crippen molar-refractivity contribution in [2.24, 2.45) is 0 Å². The van der Waals surface area contributed by atoms with Crippen molar-refractivity contribution in [1.82, 2.24) is 4.90 Å². The predicted octanol–water partition coefficient (Wildman–Crippen LogP) is 3.57. The van der Waals surface area contributed by atoms with Crippen LogP contribution in [0.4, 0.5) is 11.4 Å². The number of nitrogens with one attached hydrogen (secondary N) is 1. The van der Waals surface area contributed by atoms with Crippen LogP contribution >= 0.6 is 11.6 Å². The first kappa shape index (κ1) is 18.3. The Labute approximate surface area is 158 Å². The molecule has 1 N–H and O–H groups in total. The Morgan fingerprint density at radius 2 is 1.73 bits per heavy atom. The second-order valence-corrected chi connectivity index (χ2v) is 6.86. The molecule has 0 bridgehead atoms. The van der Waals surface area contributed by atoms with E-state index in [1.165, 1.54) is 0 Å². The summed E-state index contributed by atoms with van der Waals surface area (Å²) in [5.41, 5.74) is 3.13. The maximum absolute atomic E-state index is 12.6. The Bertz CT molecular complexity index is 830. The third kappa shape index (κ3) is 3.99. The lowest BCUT2D eigenvalue weighted by atomic mass is 10.1. The van der Waals surface area contributed by atoms with E-state index in [1.54, 1.807) is 13.0 Å².